The van der Waals surface area contributed by atoms with Crippen molar-refractivity contribution in [2.45, 2.75) is 25.9 Å². The number of fused-ring (bicyclic) bond motifs is 1. The lowest BCUT2D eigenvalue weighted by molar-refractivity contribution is 0.0475. The number of carbonyl (C=O) groups excluding carboxylic acids is 3. The molecule has 1 aromatic heterocycles. The van der Waals surface area contributed by atoms with Gasteiger partial charge in [0.05, 0.1) is 28.8 Å². The maximum atomic E-state index is 13.1. The van der Waals surface area contributed by atoms with E-state index in [0.29, 0.717) is 62.5 Å². The van der Waals surface area contributed by atoms with Crippen molar-refractivity contribution in [3.8, 4) is 22.8 Å². The number of aromatic nitrogens is 1. The Bertz CT molecular complexity index is 1620. The first-order chi connectivity index (χ1) is 19.4. The molecule has 4 aromatic rings. The van der Waals surface area contributed by atoms with Crippen LogP contribution in [0, 0.1) is 6.92 Å². The van der Waals surface area contributed by atoms with Crippen LogP contribution in [0.2, 0.25) is 5.02 Å². The molecule has 1 saturated heterocycles. The van der Waals surface area contributed by atoms with Crippen LogP contribution in [0.1, 0.15) is 49.7 Å². The molecule has 6 rings (SSSR count). The molecule has 2 aliphatic heterocycles. The Morgan fingerprint density at radius 1 is 1.02 bits per heavy atom. The van der Waals surface area contributed by atoms with Crippen LogP contribution in [0.4, 0.5) is 5.69 Å². The Labute approximate surface area is 234 Å². The standard InChI is InChI=1S/C30H24ClN3O6/c1-17-26(27(33-40-17)23-6-2-3-7-25(23)31)28(35)32-18-8-10-19(11-9-18)39-20-12-13-22-24(15-20)30(37)34(29(22)36)16-21-5-4-14-38-21/h2-3,6-13,15,21H,4-5,14,16H2,1H3,(H,32,35). The third-order valence-corrected chi connectivity index (χ3v) is 7.25. The molecule has 0 saturated carbocycles. The number of rotatable bonds is 7. The summed E-state index contributed by atoms with van der Waals surface area (Å²) < 4.78 is 16.8. The fourth-order valence-electron chi connectivity index (χ4n) is 4.90. The highest BCUT2D eigenvalue weighted by Gasteiger charge is 2.37. The zero-order valence-corrected chi connectivity index (χ0v) is 22.2. The number of hydrogen-bond acceptors (Lipinski definition) is 7. The molecule has 1 fully saturated rings. The van der Waals surface area contributed by atoms with Gasteiger partial charge in [-0.3, -0.25) is 19.3 Å². The van der Waals surface area contributed by atoms with Gasteiger partial charge in [0.2, 0.25) is 0 Å². The van der Waals surface area contributed by atoms with Crippen molar-refractivity contribution in [2.75, 3.05) is 18.5 Å². The van der Waals surface area contributed by atoms with Gasteiger partial charge in [-0.15, -0.1) is 0 Å². The van der Waals surface area contributed by atoms with Crippen LogP contribution >= 0.6 is 11.6 Å². The van der Waals surface area contributed by atoms with Gasteiger partial charge in [0, 0.05) is 17.9 Å². The molecule has 9 nitrogen and oxygen atoms in total. The second-order valence-corrected chi connectivity index (χ2v) is 9.99. The lowest BCUT2D eigenvalue weighted by Crippen LogP contribution is -2.36. The van der Waals surface area contributed by atoms with Crippen molar-refractivity contribution < 1.29 is 28.4 Å². The number of hydrogen-bond donors (Lipinski definition) is 1. The maximum absolute atomic E-state index is 13.1. The van der Waals surface area contributed by atoms with E-state index in [-0.39, 0.29) is 24.5 Å². The van der Waals surface area contributed by atoms with Gasteiger partial charge in [-0.1, -0.05) is 35.0 Å². The molecule has 40 heavy (non-hydrogen) atoms. The van der Waals surface area contributed by atoms with E-state index in [1.165, 1.54) is 4.90 Å². The number of nitrogens with zero attached hydrogens (tertiary/aromatic N) is 2. The highest BCUT2D eigenvalue weighted by atomic mass is 35.5. The van der Waals surface area contributed by atoms with E-state index in [1.807, 2.05) is 6.07 Å². The molecule has 3 heterocycles. The number of anilines is 1. The third kappa shape index (κ3) is 4.85. The van der Waals surface area contributed by atoms with Gasteiger partial charge in [0.25, 0.3) is 17.7 Å². The van der Waals surface area contributed by atoms with Gasteiger partial charge in [-0.2, -0.15) is 0 Å². The molecule has 1 N–H and O–H groups in total. The lowest BCUT2D eigenvalue weighted by Gasteiger charge is -2.17. The minimum atomic E-state index is -0.392. The number of benzene rings is 3. The van der Waals surface area contributed by atoms with Gasteiger partial charge in [0.15, 0.2) is 0 Å². The summed E-state index contributed by atoms with van der Waals surface area (Å²) in [4.78, 5) is 40.1. The van der Waals surface area contributed by atoms with Crippen molar-refractivity contribution in [1.82, 2.24) is 10.1 Å². The van der Waals surface area contributed by atoms with E-state index in [0.717, 1.165) is 12.8 Å². The molecule has 0 bridgehead atoms. The zero-order chi connectivity index (χ0) is 27.8. The summed E-state index contributed by atoms with van der Waals surface area (Å²) in [5.41, 5.74) is 2.44. The molecule has 0 radical (unpaired) electrons. The Morgan fingerprint density at radius 3 is 2.52 bits per heavy atom. The molecule has 10 heteroatoms. The van der Waals surface area contributed by atoms with Crippen LogP contribution in [0.5, 0.6) is 11.5 Å². The Kier molecular flexibility index (Phi) is 6.83. The summed E-state index contributed by atoms with van der Waals surface area (Å²) in [6, 6.07) is 18.7. The summed E-state index contributed by atoms with van der Waals surface area (Å²) in [6.07, 6.45) is 1.64. The van der Waals surface area contributed by atoms with Crippen LogP contribution in [0.3, 0.4) is 0 Å². The molecule has 1 unspecified atom stereocenters. The number of imide groups is 1. The van der Waals surface area contributed by atoms with Crippen LogP contribution in [0.15, 0.2) is 71.3 Å². The van der Waals surface area contributed by atoms with Gasteiger partial charge in [-0.25, -0.2) is 0 Å². The number of amides is 3. The summed E-state index contributed by atoms with van der Waals surface area (Å²) in [5, 5.41) is 7.35. The Hall–Kier alpha value is -4.47. The first kappa shape index (κ1) is 25.8. The Morgan fingerprint density at radius 2 is 1.77 bits per heavy atom. The largest absolute Gasteiger partial charge is 0.457 e. The molecule has 2 aliphatic rings. The smallest absolute Gasteiger partial charge is 0.261 e. The number of halogens is 1. The summed E-state index contributed by atoms with van der Waals surface area (Å²) >= 11 is 6.31. The van der Waals surface area contributed by atoms with Crippen molar-refractivity contribution in [2.24, 2.45) is 0 Å². The molecule has 3 amide bonds. The molecule has 3 aromatic carbocycles. The van der Waals surface area contributed by atoms with E-state index in [4.69, 9.17) is 25.6 Å². The normalized spacial score (nSPS) is 16.4. The van der Waals surface area contributed by atoms with Gasteiger partial charge in [0.1, 0.15) is 28.5 Å². The monoisotopic (exact) mass is 557 g/mol. The van der Waals surface area contributed by atoms with Crippen molar-refractivity contribution in [1.29, 1.82) is 0 Å². The minimum absolute atomic E-state index is 0.117. The molecule has 1 atom stereocenters. The number of ether oxygens (including phenoxy) is 2. The molecular weight excluding hydrogens is 534 g/mol. The fraction of sp³-hybridized carbons (Fsp3) is 0.200. The topological polar surface area (TPSA) is 111 Å². The first-order valence-electron chi connectivity index (χ1n) is 12.8. The predicted octanol–water partition coefficient (Wildman–Crippen LogP) is 6.12. The summed E-state index contributed by atoms with van der Waals surface area (Å²) in [7, 11) is 0. The maximum Gasteiger partial charge on any atom is 0.261 e. The molecule has 202 valence electrons. The van der Waals surface area contributed by atoms with Crippen LogP contribution in [-0.2, 0) is 4.74 Å². The second kappa shape index (κ2) is 10.6. The van der Waals surface area contributed by atoms with E-state index >= 15 is 0 Å². The number of aryl methyl sites for hydroxylation is 1. The average Bonchev–Trinajstić information content (AvgIpc) is 3.66. The Balaban J connectivity index is 1.14. The highest BCUT2D eigenvalue weighted by Crippen LogP contribution is 2.33. The second-order valence-electron chi connectivity index (χ2n) is 9.59. The third-order valence-electron chi connectivity index (χ3n) is 6.92. The molecular formula is C30H24ClN3O6. The predicted molar refractivity (Wildman–Crippen MR) is 147 cm³/mol. The van der Waals surface area contributed by atoms with Gasteiger partial charge < -0.3 is 19.3 Å². The summed E-state index contributed by atoms with van der Waals surface area (Å²) in [6.45, 7) is 2.57. The highest BCUT2D eigenvalue weighted by molar-refractivity contribution is 6.33. The lowest BCUT2D eigenvalue weighted by atomic mass is 10.1. The van der Waals surface area contributed by atoms with E-state index in [2.05, 4.69) is 10.5 Å². The SMILES string of the molecule is Cc1onc(-c2ccccc2Cl)c1C(=O)Nc1ccc(Oc2ccc3c(c2)C(=O)N(CC2CCCO2)C3=O)cc1. The fourth-order valence-corrected chi connectivity index (χ4v) is 5.13. The van der Waals surface area contributed by atoms with Crippen molar-refractivity contribution in [3.63, 3.8) is 0 Å². The van der Waals surface area contributed by atoms with Crippen molar-refractivity contribution in [3.05, 3.63) is 94.2 Å². The van der Waals surface area contributed by atoms with Crippen LogP contribution in [0.25, 0.3) is 11.3 Å². The molecule has 0 spiro atoms. The first-order valence-corrected chi connectivity index (χ1v) is 13.2. The van der Waals surface area contributed by atoms with Gasteiger partial charge >= 0.3 is 0 Å². The van der Waals surface area contributed by atoms with Crippen LogP contribution < -0.4 is 10.1 Å². The van der Waals surface area contributed by atoms with E-state index in [9.17, 15) is 14.4 Å². The number of carbonyl (C=O) groups is 3. The average molecular weight is 558 g/mol. The molecule has 0 aliphatic carbocycles. The minimum Gasteiger partial charge on any atom is -0.457 e. The van der Waals surface area contributed by atoms with Crippen molar-refractivity contribution >= 4 is 35.0 Å². The van der Waals surface area contributed by atoms with Gasteiger partial charge in [-0.05, 0) is 68.3 Å². The quantitative estimate of drug-likeness (QED) is 0.272. The zero-order valence-electron chi connectivity index (χ0n) is 21.5. The van der Waals surface area contributed by atoms with Crippen LogP contribution in [-0.4, -0.2) is 47.0 Å². The van der Waals surface area contributed by atoms with E-state index in [1.54, 1.807) is 67.6 Å². The summed E-state index contributed by atoms with van der Waals surface area (Å²) in [5.74, 6) is 0.217. The number of nitrogens with one attached hydrogen (secondary N) is 1. The van der Waals surface area contributed by atoms with E-state index < -0.39 is 5.91 Å².